The third-order valence-corrected chi connectivity index (χ3v) is 5.87. The molecule has 0 aliphatic heterocycles. The molecule has 0 saturated heterocycles. The van der Waals surface area contributed by atoms with Crippen LogP contribution in [0.25, 0.3) is 12.2 Å². The minimum absolute atomic E-state index is 1.00. The smallest absolute Gasteiger partial charge is 0.0841 e. The van der Waals surface area contributed by atoms with Crippen molar-refractivity contribution < 1.29 is 0 Å². The first kappa shape index (κ1) is 24.6. The van der Waals surface area contributed by atoms with Gasteiger partial charge in [-0.3, -0.25) is 0 Å². The Morgan fingerprint density at radius 2 is 0.968 bits per heavy atom. The third kappa shape index (κ3) is 6.40. The molecule has 0 saturated carbocycles. The zero-order valence-corrected chi connectivity index (χ0v) is 20.4. The van der Waals surface area contributed by atoms with Crippen LogP contribution < -0.4 is 14.7 Å². The Bertz CT molecular complexity index is 794. The van der Waals surface area contributed by atoms with Crippen molar-refractivity contribution >= 4 is 29.2 Å². The predicted octanol–water partition coefficient (Wildman–Crippen LogP) is 6.95. The molecule has 0 atom stereocenters. The quantitative estimate of drug-likeness (QED) is 0.345. The molecule has 0 heterocycles. The number of hydrogen-bond acceptors (Lipinski definition) is 3. The summed E-state index contributed by atoms with van der Waals surface area (Å²) in [6.45, 7) is 19.5. The van der Waals surface area contributed by atoms with Crippen LogP contribution in [0.1, 0.15) is 52.7 Å². The Balaban J connectivity index is 2.56. The van der Waals surface area contributed by atoms with Gasteiger partial charge in [-0.05, 0) is 64.8 Å². The molecule has 0 radical (unpaired) electrons. The van der Waals surface area contributed by atoms with E-state index < -0.39 is 0 Å². The summed E-state index contributed by atoms with van der Waals surface area (Å²) in [6, 6.07) is 15.2. The van der Waals surface area contributed by atoms with E-state index in [0.717, 1.165) is 39.3 Å². The number of allylic oxidation sites excluding steroid dienone is 2. The van der Waals surface area contributed by atoms with Crippen molar-refractivity contribution in [1.82, 2.24) is 0 Å². The van der Waals surface area contributed by atoms with Crippen LogP contribution in [0.15, 0.2) is 54.6 Å². The Morgan fingerprint density at radius 3 is 1.39 bits per heavy atom. The van der Waals surface area contributed by atoms with E-state index in [0.29, 0.717) is 0 Å². The number of hydrogen-bond donors (Lipinski definition) is 0. The van der Waals surface area contributed by atoms with Gasteiger partial charge in [0.05, 0.1) is 17.1 Å². The molecule has 31 heavy (non-hydrogen) atoms. The second-order valence-corrected chi connectivity index (χ2v) is 7.55. The molecule has 0 amide bonds. The molecule has 3 nitrogen and oxygen atoms in total. The highest BCUT2D eigenvalue weighted by molar-refractivity contribution is 5.88. The summed E-state index contributed by atoms with van der Waals surface area (Å²) in [5, 5.41) is 0. The highest BCUT2D eigenvalue weighted by Gasteiger charge is 2.21. The molecule has 0 aliphatic carbocycles. The molecule has 3 heteroatoms. The maximum Gasteiger partial charge on any atom is 0.0841 e. The molecule has 0 aromatic heterocycles. The Kier molecular flexibility index (Phi) is 10.2. The largest absolute Gasteiger partial charge is 0.370 e. The van der Waals surface area contributed by atoms with Crippen LogP contribution in [0.4, 0.5) is 17.1 Å². The molecule has 0 unspecified atom stereocenters. The van der Waals surface area contributed by atoms with Crippen molar-refractivity contribution in [1.29, 1.82) is 0 Å². The van der Waals surface area contributed by atoms with E-state index in [1.807, 2.05) is 6.07 Å². The minimum Gasteiger partial charge on any atom is -0.370 e. The fourth-order valence-corrected chi connectivity index (χ4v) is 4.09. The molecule has 0 N–H and O–H groups in total. The van der Waals surface area contributed by atoms with Crippen LogP contribution in [0, 0.1) is 0 Å². The van der Waals surface area contributed by atoms with Crippen molar-refractivity contribution in [3.63, 3.8) is 0 Å². The highest BCUT2D eigenvalue weighted by atomic mass is 15.2. The summed E-state index contributed by atoms with van der Waals surface area (Å²) < 4.78 is 0. The van der Waals surface area contributed by atoms with E-state index in [-0.39, 0.29) is 0 Å². The summed E-state index contributed by atoms with van der Waals surface area (Å²) in [6.07, 6.45) is 8.65. The van der Waals surface area contributed by atoms with E-state index >= 15 is 0 Å². The Hall–Kier alpha value is -2.68. The number of benzene rings is 2. The molecular weight excluding hydrogens is 378 g/mol. The molecule has 0 bridgehead atoms. The van der Waals surface area contributed by atoms with Crippen LogP contribution in [0.2, 0.25) is 0 Å². The summed E-state index contributed by atoms with van der Waals surface area (Å²) in [7, 11) is 0. The van der Waals surface area contributed by atoms with Crippen molar-refractivity contribution in [3.8, 4) is 0 Å². The van der Waals surface area contributed by atoms with Gasteiger partial charge in [0.1, 0.15) is 0 Å². The van der Waals surface area contributed by atoms with Gasteiger partial charge in [-0.25, -0.2) is 0 Å². The first-order valence-electron chi connectivity index (χ1n) is 12.0. The zero-order valence-electron chi connectivity index (χ0n) is 20.4. The van der Waals surface area contributed by atoms with Gasteiger partial charge in [-0.15, -0.1) is 0 Å². The maximum atomic E-state index is 2.50. The normalized spacial score (nSPS) is 11.4. The van der Waals surface area contributed by atoms with Gasteiger partial charge < -0.3 is 14.7 Å². The lowest BCUT2D eigenvalue weighted by molar-refractivity contribution is 0.815. The van der Waals surface area contributed by atoms with Gasteiger partial charge in [0.15, 0.2) is 0 Å². The van der Waals surface area contributed by atoms with Crippen LogP contribution in [-0.4, -0.2) is 39.3 Å². The van der Waals surface area contributed by atoms with Gasteiger partial charge in [-0.2, -0.15) is 0 Å². The highest BCUT2D eigenvalue weighted by Crippen LogP contribution is 2.40. The van der Waals surface area contributed by atoms with Crippen LogP contribution >= 0.6 is 0 Å². The Labute approximate surface area is 190 Å². The lowest BCUT2D eigenvalue weighted by atomic mass is 10.1. The predicted molar refractivity (Wildman–Crippen MR) is 142 cm³/mol. The summed E-state index contributed by atoms with van der Waals surface area (Å²) in [5.41, 5.74) is 6.51. The fraction of sp³-hybridized carbons (Fsp3) is 0.429. The molecule has 0 fully saturated rings. The summed E-state index contributed by atoms with van der Waals surface area (Å²) in [5.74, 6) is 0. The fourth-order valence-electron chi connectivity index (χ4n) is 4.09. The first-order valence-corrected chi connectivity index (χ1v) is 12.0. The standard InChI is InChI=1S/C28H41N3/c1-7-29(8-2)26-22-25(21-17-16-20-24-18-14-13-15-19-24)23-27(30(9-3)10-4)28(26)31(11-5)12-6/h13-23H,7-12H2,1-6H3. The van der Waals surface area contributed by atoms with Crippen LogP contribution in [0.5, 0.6) is 0 Å². The van der Waals surface area contributed by atoms with Gasteiger partial charge in [0.2, 0.25) is 0 Å². The van der Waals surface area contributed by atoms with Crippen LogP contribution in [0.3, 0.4) is 0 Å². The lowest BCUT2D eigenvalue weighted by Crippen LogP contribution is -2.32. The number of rotatable bonds is 12. The van der Waals surface area contributed by atoms with Crippen LogP contribution in [-0.2, 0) is 0 Å². The van der Waals surface area contributed by atoms with Gasteiger partial charge in [-0.1, -0.05) is 54.6 Å². The lowest BCUT2D eigenvalue weighted by Gasteiger charge is -2.36. The summed E-state index contributed by atoms with van der Waals surface area (Å²) >= 11 is 0. The van der Waals surface area contributed by atoms with E-state index in [2.05, 4.69) is 117 Å². The summed E-state index contributed by atoms with van der Waals surface area (Å²) in [4.78, 5) is 7.47. The second kappa shape index (κ2) is 12.9. The SMILES string of the molecule is CCN(CC)c1cc(C=CC=Cc2ccccc2)cc(N(CC)CC)c1N(CC)CC. The van der Waals surface area contributed by atoms with Gasteiger partial charge >= 0.3 is 0 Å². The molecule has 168 valence electrons. The topological polar surface area (TPSA) is 9.72 Å². The van der Waals surface area contributed by atoms with Crippen molar-refractivity contribution in [3.05, 3.63) is 65.7 Å². The maximum absolute atomic E-state index is 2.50. The van der Waals surface area contributed by atoms with Gasteiger partial charge in [0, 0.05) is 39.3 Å². The first-order chi connectivity index (χ1) is 15.1. The van der Waals surface area contributed by atoms with E-state index in [1.165, 1.54) is 28.2 Å². The number of anilines is 3. The van der Waals surface area contributed by atoms with Gasteiger partial charge in [0.25, 0.3) is 0 Å². The zero-order chi connectivity index (χ0) is 22.6. The molecule has 2 rings (SSSR count). The average molecular weight is 420 g/mol. The monoisotopic (exact) mass is 419 g/mol. The molecule has 0 aliphatic rings. The third-order valence-electron chi connectivity index (χ3n) is 5.87. The second-order valence-electron chi connectivity index (χ2n) is 7.55. The van der Waals surface area contributed by atoms with E-state index in [1.54, 1.807) is 0 Å². The Morgan fingerprint density at radius 1 is 0.548 bits per heavy atom. The van der Waals surface area contributed by atoms with Crippen molar-refractivity contribution in [2.75, 3.05) is 54.0 Å². The number of nitrogens with zero attached hydrogens (tertiary/aromatic N) is 3. The molecule has 2 aromatic carbocycles. The molecule has 2 aromatic rings. The van der Waals surface area contributed by atoms with E-state index in [9.17, 15) is 0 Å². The minimum atomic E-state index is 1.00. The molecule has 0 spiro atoms. The van der Waals surface area contributed by atoms with E-state index in [4.69, 9.17) is 0 Å². The molecular formula is C28H41N3. The average Bonchev–Trinajstić information content (AvgIpc) is 2.81. The van der Waals surface area contributed by atoms with Crippen molar-refractivity contribution in [2.24, 2.45) is 0 Å². The van der Waals surface area contributed by atoms with Crippen molar-refractivity contribution in [2.45, 2.75) is 41.5 Å².